The maximum Gasteiger partial charge on any atom is 0.255 e. The summed E-state index contributed by atoms with van der Waals surface area (Å²) in [5, 5.41) is 12.2. The summed E-state index contributed by atoms with van der Waals surface area (Å²) < 4.78 is 10.6. The van der Waals surface area contributed by atoms with E-state index in [2.05, 4.69) is 46.4 Å². The third-order valence-corrected chi connectivity index (χ3v) is 5.83. The van der Waals surface area contributed by atoms with E-state index < -0.39 is 0 Å². The Balaban J connectivity index is 1.59. The van der Waals surface area contributed by atoms with Gasteiger partial charge in [0.25, 0.3) is 5.91 Å². The first-order chi connectivity index (χ1) is 16.5. The Morgan fingerprint density at radius 2 is 1.56 bits per heavy atom. The van der Waals surface area contributed by atoms with Gasteiger partial charge >= 0.3 is 0 Å². The van der Waals surface area contributed by atoms with Gasteiger partial charge in [0.2, 0.25) is 0 Å². The highest BCUT2D eigenvalue weighted by Crippen LogP contribution is 2.29. The van der Waals surface area contributed by atoms with E-state index >= 15 is 0 Å². The highest BCUT2D eigenvalue weighted by atomic mass is 16.5. The first-order valence-corrected chi connectivity index (χ1v) is 11.2. The number of benzene rings is 3. The van der Waals surface area contributed by atoms with Gasteiger partial charge in [0.15, 0.2) is 11.5 Å². The Labute approximate surface area is 199 Å². The van der Waals surface area contributed by atoms with Gasteiger partial charge < -0.3 is 19.7 Å². The number of carbonyl (C=O) groups excluding carboxylic acids is 1. The molecule has 0 aliphatic heterocycles. The number of ether oxygens (including phenoxy) is 2. The summed E-state index contributed by atoms with van der Waals surface area (Å²) in [7, 11) is 3.10. The Bertz CT molecular complexity index is 1310. The maximum atomic E-state index is 12.9. The molecule has 0 bridgehead atoms. The van der Waals surface area contributed by atoms with Gasteiger partial charge in [0.1, 0.15) is 11.0 Å². The van der Waals surface area contributed by atoms with Gasteiger partial charge in [-0.05, 0) is 80.9 Å². The van der Waals surface area contributed by atoms with E-state index in [0.717, 1.165) is 29.9 Å². The molecular formula is C26H29N5O3. The summed E-state index contributed by atoms with van der Waals surface area (Å²) in [4.78, 5) is 16.8. The molecule has 0 radical (unpaired) electrons. The molecule has 0 aliphatic carbocycles. The number of amides is 1. The molecule has 0 aliphatic rings. The highest BCUT2D eigenvalue weighted by molar-refractivity contribution is 6.05. The second kappa shape index (κ2) is 9.82. The molecule has 4 rings (SSSR count). The standard InChI is InChI=1S/C26H29N5O3/c1-6-30(7-2)19-9-11-20(12-10-19)31-28-22-14-17(3)21(16-23(22)29-31)27-26(32)18-8-13-24(33-4)25(15-18)34-5/h8-16H,6-7H2,1-5H3,(H,27,32). The number of fused-ring (bicyclic) bond motifs is 1. The van der Waals surface area contributed by atoms with Gasteiger partial charge in [-0.25, -0.2) is 0 Å². The summed E-state index contributed by atoms with van der Waals surface area (Å²) in [5.41, 5.74) is 5.54. The zero-order chi connectivity index (χ0) is 24.2. The van der Waals surface area contributed by atoms with Crippen LogP contribution in [0, 0.1) is 6.92 Å². The minimum Gasteiger partial charge on any atom is -0.493 e. The predicted octanol–water partition coefficient (Wildman–Crippen LogP) is 4.84. The number of nitrogens with zero attached hydrogens (tertiary/aromatic N) is 4. The highest BCUT2D eigenvalue weighted by Gasteiger charge is 2.14. The second-order valence-electron chi connectivity index (χ2n) is 7.86. The lowest BCUT2D eigenvalue weighted by atomic mass is 10.1. The van der Waals surface area contributed by atoms with E-state index in [1.807, 2.05) is 31.2 Å². The fourth-order valence-electron chi connectivity index (χ4n) is 3.88. The van der Waals surface area contributed by atoms with Crippen molar-refractivity contribution in [3.8, 4) is 17.2 Å². The Morgan fingerprint density at radius 1 is 0.912 bits per heavy atom. The lowest BCUT2D eigenvalue weighted by Gasteiger charge is -2.20. The topological polar surface area (TPSA) is 81.5 Å². The van der Waals surface area contributed by atoms with E-state index in [9.17, 15) is 4.79 Å². The van der Waals surface area contributed by atoms with Gasteiger partial charge in [-0.15, -0.1) is 10.2 Å². The molecule has 1 amide bonds. The summed E-state index contributed by atoms with van der Waals surface area (Å²) in [5.74, 6) is 0.818. The van der Waals surface area contributed by atoms with E-state index in [0.29, 0.717) is 28.3 Å². The molecule has 1 N–H and O–H groups in total. The van der Waals surface area contributed by atoms with Gasteiger partial charge in [-0.3, -0.25) is 4.79 Å². The molecular weight excluding hydrogens is 430 g/mol. The van der Waals surface area contributed by atoms with Crippen LogP contribution < -0.4 is 19.7 Å². The molecule has 3 aromatic carbocycles. The number of hydrogen-bond donors (Lipinski definition) is 1. The van der Waals surface area contributed by atoms with Crippen molar-refractivity contribution in [2.45, 2.75) is 20.8 Å². The number of aryl methyl sites for hydroxylation is 1. The van der Waals surface area contributed by atoms with Crippen LogP contribution in [0.5, 0.6) is 11.5 Å². The lowest BCUT2D eigenvalue weighted by molar-refractivity contribution is 0.102. The van der Waals surface area contributed by atoms with E-state index in [-0.39, 0.29) is 5.91 Å². The van der Waals surface area contributed by atoms with Crippen LogP contribution in [0.25, 0.3) is 16.7 Å². The fourth-order valence-corrected chi connectivity index (χ4v) is 3.88. The fraction of sp³-hybridized carbons (Fsp3) is 0.269. The number of aromatic nitrogens is 3. The first-order valence-electron chi connectivity index (χ1n) is 11.2. The van der Waals surface area contributed by atoms with Crippen LogP contribution in [0.15, 0.2) is 54.6 Å². The molecule has 1 aromatic heterocycles. The van der Waals surface area contributed by atoms with Gasteiger partial charge in [-0.1, -0.05) is 0 Å². The van der Waals surface area contributed by atoms with Crippen LogP contribution in [-0.4, -0.2) is 48.2 Å². The molecule has 0 saturated heterocycles. The van der Waals surface area contributed by atoms with Gasteiger partial charge in [0, 0.05) is 30.0 Å². The summed E-state index contributed by atoms with van der Waals surface area (Å²) >= 11 is 0. The third kappa shape index (κ3) is 4.52. The van der Waals surface area contributed by atoms with Crippen molar-refractivity contribution in [3.05, 3.63) is 65.7 Å². The molecule has 8 heteroatoms. The Kier molecular flexibility index (Phi) is 6.67. The van der Waals surface area contributed by atoms with Gasteiger partial charge in [-0.2, -0.15) is 4.80 Å². The normalized spacial score (nSPS) is 10.9. The molecule has 0 saturated carbocycles. The average molecular weight is 460 g/mol. The largest absolute Gasteiger partial charge is 0.493 e. The molecule has 176 valence electrons. The maximum absolute atomic E-state index is 12.9. The van der Waals surface area contributed by atoms with E-state index in [1.165, 1.54) is 12.8 Å². The molecule has 0 unspecified atom stereocenters. The smallest absolute Gasteiger partial charge is 0.255 e. The average Bonchev–Trinajstić information content (AvgIpc) is 3.27. The van der Waals surface area contributed by atoms with E-state index in [1.54, 1.807) is 30.1 Å². The van der Waals surface area contributed by atoms with Crippen molar-refractivity contribution in [2.75, 3.05) is 37.5 Å². The number of anilines is 2. The quantitative estimate of drug-likeness (QED) is 0.406. The molecule has 8 nitrogen and oxygen atoms in total. The minimum atomic E-state index is -0.247. The predicted molar refractivity (Wildman–Crippen MR) is 135 cm³/mol. The van der Waals surface area contributed by atoms with Crippen LogP contribution in [0.2, 0.25) is 0 Å². The van der Waals surface area contributed by atoms with E-state index in [4.69, 9.17) is 9.47 Å². The number of rotatable bonds is 8. The SMILES string of the molecule is CCN(CC)c1ccc(-n2nc3cc(C)c(NC(=O)c4ccc(OC)c(OC)c4)cc3n2)cc1. The minimum absolute atomic E-state index is 0.247. The van der Waals surface area contributed by atoms with Gasteiger partial charge in [0.05, 0.1) is 19.9 Å². The lowest BCUT2D eigenvalue weighted by Crippen LogP contribution is -2.21. The van der Waals surface area contributed by atoms with Crippen molar-refractivity contribution < 1.29 is 14.3 Å². The first kappa shape index (κ1) is 23.1. The number of methoxy groups -OCH3 is 2. The number of carbonyl (C=O) groups is 1. The van der Waals surface area contributed by atoms with Crippen LogP contribution in [-0.2, 0) is 0 Å². The molecule has 34 heavy (non-hydrogen) atoms. The van der Waals surface area contributed by atoms with Crippen LogP contribution >= 0.6 is 0 Å². The van der Waals surface area contributed by atoms with Crippen LogP contribution in [0.3, 0.4) is 0 Å². The zero-order valence-corrected chi connectivity index (χ0v) is 20.1. The molecule has 0 atom stereocenters. The second-order valence-corrected chi connectivity index (χ2v) is 7.86. The van der Waals surface area contributed by atoms with Crippen LogP contribution in [0.4, 0.5) is 11.4 Å². The van der Waals surface area contributed by atoms with Crippen molar-refractivity contribution in [1.29, 1.82) is 0 Å². The Hall–Kier alpha value is -4.07. The molecule has 4 aromatic rings. The number of hydrogen-bond acceptors (Lipinski definition) is 6. The zero-order valence-electron chi connectivity index (χ0n) is 20.1. The van der Waals surface area contributed by atoms with Crippen molar-refractivity contribution in [2.24, 2.45) is 0 Å². The summed E-state index contributed by atoms with van der Waals surface area (Å²) in [6.07, 6.45) is 0. The van der Waals surface area contributed by atoms with Crippen molar-refractivity contribution >= 4 is 28.3 Å². The van der Waals surface area contributed by atoms with Crippen molar-refractivity contribution in [3.63, 3.8) is 0 Å². The summed E-state index contributed by atoms with van der Waals surface area (Å²) in [6, 6.07) is 17.0. The molecule has 1 heterocycles. The molecule has 0 spiro atoms. The number of nitrogens with one attached hydrogen (secondary N) is 1. The third-order valence-electron chi connectivity index (χ3n) is 5.83. The monoisotopic (exact) mass is 459 g/mol. The van der Waals surface area contributed by atoms with Crippen LogP contribution in [0.1, 0.15) is 29.8 Å². The molecule has 0 fully saturated rings. The van der Waals surface area contributed by atoms with Crippen molar-refractivity contribution in [1.82, 2.24) is 15.0 Å². The Morgan fingerprint density at radius 3 is 2.18 bits per heavy atom. The summed E-state index contributed by atoms with van der Waals surface area (Å²) in [6.45, 7) is 8.13.